The first-order chi connectivity index (χ1) is 13.9. The van der Waals surface area contributed by atoms with E-state index in [2.05, 4.69) is 20.6 Å². The molecule has 2 fully saturated rings. The number of pyridine rings is 2. The molecule has 1 saturated carbocycles. The standard InChI is InChI=1S/C20H23F2N5O2/c21-20(22)6-1-9-27(12-20)16-5-7-23-11-15(16)25-19(29)14-4-8-24-17(10-14)26-18(28)13-2-3-13/h4-5,7-8,10-11,13,19,25,29H,1-3,6,9,12H2,(H,24,26,28). The molecule has 9 heteroatoms. The highest BCUT2D eigenvalue weighted by Crippen LogP contribution is 2.34. The van der Waals surface area contributed by atoms with Gasteiger partial charge in [0.2, 0.25) is 5.91 Å². The minimum atomic E-state index is -2.74. The van der Waals surface area contributed by atoms with Gasteiger partial charge in [0.15, 0.2) is 6.23 Å². The van der Waals surface area contributed by atoms with Gasteiger partial charge in [-0.05, 0) is 37.5 Å². The van der Waals surface area contributed by atoms with Crippen LogP contribution in [0.25, 0.3) is 0 Å². The van der Waals surface area contributed by atoms with E-state index in [1.165, 1.54) is 18.6 Å². The van der Waals surface area contributed by atoms with Crippen LogP contribution in [0.5, 0.6) is 0 Å². The molecule has 0 bridgehead atoms. The summed E-state index contributed by atoms with van der Waals surface area (Å²) in [6.07, 6.45) is 5.46. The van der Waals surface area contributed by atoms with Gasteiger partial charge in [0.05, 0.1) is 24.1 Å². The maximum absolute atomic E-state index is 13.8. The average molecular weight is 403 g/mol. The first kappa shape index (κ1) is 19.5. The second kappa shape index (κ2) is 7.90. The van der Waals surface area contributed by atoms with E-state index in [0.717, 1.165) is 12.8 Å². The molecule has 1 unspecified atom stereocenters. The van der Waals surface area contributed by atoms with Crippen LogP contribution in [0, 0.1) is 5.92 Å². The summed E-state index contributed by atoms with van der Waals surface area (Å²) in [5, 5.41) is 16.3. The Morgan fingerprint density at radius 2 is 2.14 bits per heavy atom. The zero-order valence-electron chi connectivity index (χ0n) is 15.8. The van der Waals surface area contributed by atoms with E-state index in [1.807, 2.05) is 0 Å². The highest BCUT2D eigenvalue weighted by atomic mass is 19.3. The highest BCUT2D eigenvalue weighted by molar-refractivity contribution is 5.93. The van der Waals surface area contributed by atoms with Crippen molar-refractivity contribution in [3.05, 3.63) is 42.4 Å². The van der Waals surface area contributed by atoms with Gasteiger partial charge in [-0.25, -0.2) is 13.8 Å². The molecule has 1 aliphatic carbocycles. The third-order valence-corrected chi connectivity index (χ3v) is 5.12. The summed E-state index contributed by atoms with van der Waals surface area (Å²) in [7, 11) is 0. The number of halogens is 2. The largest absolute Gasteiger partial charge is 0.369 e. The number of aliphatic hydroxyl groups is 1. The number of hydrogen-bond donors (Lipinski definition) is 3. The molecule has 0 aromatic carbocycles. The van der Waals surface area contributed by atoms with E-state index in [4.69, 9.17) is 0 Å². The number of carbonyl (C=O) groups excluding carboxylic acids is 1. The van der Waals surface area contributed by atoms with Crippen molar-refractivity contribution in [2.75, 3.05) is 28.6 Å². The Hall–Kier alpha value is -2.81. The van der Waals surface area contributed by atoms with Crippen LogP contribution in [0.4, 0.5) is 26.0 Å². The Morgan fingerprint density at radius 3 is 2.90 bits per heavy atom. The summed E-state index contributed by atoms with van der Waals surface area (Å²) in [6.45, 7) is 0.144. The number of anilines is 3. The Labute approximate surface area is 167 Å². The number of aliphatic hydroxyl groups excluding tert-OH is 1. The fraction of sp³-hybridized carbons (Fsp3) is 0.450. The van der Waals surface area contributed by atoms with Gasteiger partial charge in [-0.3, -0.25) is 9.78 Å². The second-order valence-corrected chi connectivity index (χ2v) is 7.56. The minimum Gasteiger partial charge on any atom is -0.369 e. The molecule has 0 spiro atoms. The van der Waals surface area contributed by atoms with Crippen LogP contribution in [0.1, 0.15) is 37.5 Å². The zero-order valence-corrected chi connectivity index (χ0v) is 15.8. The van der Waals surface area contributed by atoms with Crippen LogP contribution in [0.2, 0.25) is 0 Å². The molecule has 2 aromatic heterocycles. The first-order valence-corrected chi connectivity index (χ1v) is 9.69. The number of amides is 1. The van der Waals surface area contributed by atoms with Crippen LogP contribution in [-0.2, 0) is 4.79 Å². The van der Waals surface area contributed by atoms with Crippen LogP contribution in [0.3, 0.4) is 0 Å². The minimum absolute atomic E-state index is 0.0455. The van der Waals surface area contributed by atoms with E-state index in [-0.39, 0.29) is 24.8 Å². The van der Waals surface area contributed by atoms with Crippen LogP contribution in [-0.4, -0.2) is 40.0 Å². The maximum atomic E-state index is 13.8. The monoisotopic (exact) mass is 403 g/mol. The smallest absolute Gasteiger partial charge is 0.265 e. The second-order valence-electron chi connectivity index (χ2n) is 7.56. The normalized spacial score (nSPS) is 19.5. The molecule has 0 radical (unpaired) electrons. The topological polar surface area (TPSA) is 90.4 Å². The summed E-state index contributed by atoms with van der Waals surface area (Å²) < 4.78 is 27.7. The predicted molar refractivity (Wildman–Crippen MR) is 105 cm³/mol. The molecule has 7 nitrogen and oxygen atoms in total. The Kier molecular flexibility index (Phi) is 5.31. The molecule has 1 atom stereocenters. The number of carbonyl (C=O) groups is 1. The molecule has 2 aliphatic rings. The Morgan fingerprint density at radius 1 is 1.31 bits per heavy atom. The molecule has 3 N–H and O–H groups in total. The molecular formula is C20H23F2N5O2. The lowest BCUT2D eigenvalue weighted by molar-refractivity contribution is -0.117. The number of nitrogens with zero attached hydrogens (tertiary/aromatic N) is 3. The van der Waals surface area contributed by atoms with Crippen molar-refractivity contribution < 1.29 is 18.7 Å². The number of aromatic nitrogens is 2. The van der Waals surface area contributed by atoms with Gasteiger partial charge in [-0.2, -0.15) is 0 Å². The Bertz CT molecular complexity index is 891. The maximum Gasteiger partial charge on any atom is 0.265 e. The van der Waals surface area contributed by atoms with Crippen molar-refractivity contribution in [1.29, 1.82) is 0 Å². The molecule has 1 amide bonds. The van der Waals surface area contributed by atoms with Gasteiger partial charge in [0.1, 0.15) is 5.82 Å². The molecule has 3 heterocycles. The van der Waals surface area contributed by atoms with Crippen molar-refractivity contribution in [1.82, 2.24) is 9.97 Å². The van der Waals surface area contributed by atoms with Crippen molar-refractivity contribution >= 4 is 23.1 Å². The van der Waals surface area contributed by atoms with Crippen molar-refractivity contribution in [3.8, 4) is 0 Å². The number of rotatable bonds is 6. The van der Waals surface area contributed by atoms with Gasteiger partial charge in [0, 0.05) is 36.8 Å². The van der Waals surface area contributed by atoms with Gasteiger partial charge < -0.3 is 20.6 Å². The third-order valence-electron chi connectivity index (χ3n) is 5.12. The van der Waals surface area contributed by atoms with E-state index < -0.39 is 12.2 Å². The molecule has 1 saturated heterocycles. The number of hydrogen-bond acceptors (Lipinski definition) is 6. The fourth-order valence-electron chi connectivity index (χ4n) is 3.44. The molecule has 154 valence electrons. The molecule has 1 aliphatic heterocycles. The SMILES string of the molecule is O=C(Nc1cc(C(O)Nc2cnccc2N2CCCC(F)(F)C2)ccn1)C1CC1. The van der Waals surface area contributed by atoms with Crippen LogP contribution < -0.4 is 15.5 Å². The van der Waals surface area contributed by atoms with E-state index in [0.29, 0.717) is 35.7 Å². The molecule has 2 aromatic rings. The first-order valence-electron chi connectivity index (χ1n) is 9.69. The van der Waals surface area contributed by atoms with Crippen molar-refractivity contribution in [2.45, 2.75) is 37.8 Å². The molecular weight excluding hydrogens is 380 g/mol. The van der Waals surface area contributed by atoms with Gasteiger partial charge >= 0.3 is 0 Å². The van der Waals surface area contributed by atoms with Crippen LogP contribution in [0.15, 0.2) is 36.8 Å². The van der Waals surface area contributed by atoms with Crippen molar-refractivity contribution in [3.63, 3.8) is 0 Å². The average Bonchev–Trinajstić information content (AvgIpc) is 3.53. The quantitative estimate of drug-likeness (QED) is 0.642. The van der Waals surface area contributed by atoms with Gasteiger partial charge in [0.25, 0.3) is 5.92 Å². The summed E-state index contributed by atoms with van der Waals surface area (Å²) in [6, 6.07) is 4.86. The molecule has 29 heavy (non-hydrogen) atoms. The highest BCUT2D eigenvalue weighted by Gasteiger charge is 2.36. The lowest BCUT2D eigenvalue weighted by Crippen LogP contribution is -2.43. The number of piperidine rings is 1. The lowest BCUT2D eigenvalue weighted by Gasteiger charge is -2.35. The fourth-order valence-corrected chi connectivity index (χ4v) is 3.44. The van der Waals surface area contributed by atoms with Crippen molar-refractivity contribution in [2.24, 2.45) is 5.92 Å². The summed E-state index contributed by atoms with van der Waals surface area (Å²) in [4.78, 5) is 21.7. The van der Waals surface area contributed by atoms with Crippen LogP contribution >= 0.6 is 0 Å². The predicted octanol–water partition coefficient (Wildman–Crippen LogP) is 3.16. The van der Waals surface area contributed by atoms with Gasteiger partial charge in [-0.15, -0.1) is 0 Å². The summed E-state index contributed by atoms with van der Waals surface area (Å²) in [5.41, 5.74) is 1.51. The van der Waals surface area contributed by atoms with E-state index in [1.54, 1.807) is 23.1 Å². The summed E-state index contributed by atoms with van der Waals surface area (Å²) in [5.74, 6) is -2.40. The Balaban J connectivity index is 1.49. The third kappa shape index (κ3) is 4.79. The zero-order chi connectivity index (χ0) is 20.4. The lowest BCUT2D eigenvalue weighted by atomic mass is 10.1. The van der Waals surface area contributed by atoms with Gasteiger partial charge in [-0.1, -0.05) is 0 Å². The number of nitrogens with one attached hydrogen (secondary N) is 2. The number of alkyl halides is 2. The summed E-state index contributed by atoms with van der Waals surface area (Å²) >= 11 is 0. The van der Waals surface area contributed by atoms with E-state index in [9.17, 15) is 18.7 Å². The van der Waals surface area contributed by atoms with E-state index >= 15 is 0 Å². The molecule has 4 rings (SSSR count).